The van der Waals surface area contributed by atoms with Crippen LogP contribution >= 0.6 is 0 Å². The zero-order valence-corrected chi connectivity index (χ0v) is 11.3. The van der Waals surface area contributed by atoms with Gasteiger partial charge in [-0.1, -0.05) is 60.7 Å². The van der Waals surface area contributed by atoms with Gasteiger partial charge in [0.15, 0.2) is 0 Å². The molecule has 0 fully saturated rings. The molecule has 0 aromatic heterocycles. The lowest BCUT2D eigenvalue weighted by Crippen LogP contribution is -2.25. The Balaban J connectivity index is 1.87. The van der Waals surface area contributed by atoms with Crippen LogP contribution in [-0.4, -0.2) is 13.1 Å². The fraction of sp³-hybridized carbons (Fsp3) is 0.294. The summed E-state index contributed by atoms with van der Waals surface area (Å²) in [6.45, 7) is 1.68. The zero-order valence-electron chi connectivity index (χ0n) is 11.3. The minimum Gasteiger partial charge on any atom is -0.330 e. The van der Waals surface area contributed by atoms with Crippen molar-refractivity contribution in [3.05, 3.63) is 71.8 Å². The zero-order chi connectivity index (χ0) is 13.3. The van der Waals surface area contributed by atoms with Gasteiger partial charge in [0, 0.05) is 6.04 Å². The molecule has 0 aliphatic rings. The van der Waals surface area contributed by atoms with E-state index in [-0.39, 0.29) is 0 Å². The molecular weight excluding hydrogens is 232 g/mol. The molecule has 2 aromatic rings. The van der Waals surface area contributed by atoms with E-state index in [9.17, 15) is 0 Å². The first-order valence-corrected chi connectivity index (χ1v) is 6.92. The van der Waals surface area contributed by atoms with Gasteiger partial charge in [-0.2, -0.15) is 0 Å². The second kappa shape index (κ2) is 7.72. The maximum Gasteiger partial charge on any atom is 0.0332 e. The summed E-state index contributed by atoms with van der Waals surface area (Å²) in [7, 11) is 0. The molecule has 19 heavy (non-hydrogen) atoms. The van der Waals surface area contributed by atoms with Crippen LogP contribution in [0.1, 0.15) is 23.6 Å². The van der Waals surface area contributed by atoms with Crippen molar-refractivity contribution in [3.63, 3.8) is 0 Å². The van der Waals surface area contributed by atoms with E-state index >= 15 is 0 Å². The highest BCUT2D eigenvalue weighted by Gasteiger charge is 2.08. The van der Waals surface area contributed by atoms with Crippen LogP contribution in [0.4, 0.5) is 0 Å². The van der Waals surface area contributed by atoms with Crippen molar-refractivity contribution < 1.29 is 0 Å². The monoisotopic (exact) mass is 254 g/mol. The maximum absolute atomic E-state index is 5.71. The Morgan fingerprint density at radius 1 is 0.895 bits per heavy atom. The van der Waals surface area contributed by atoms with Crippen LogP contribution in [0.3, 0.4) is 0 Å². The third kappa shape index (κ3) is 4.51. The van der Waals surface area contributed by atoms with Gasteiger partial charge in [-0.25, -0.2) is 0 Å². The van der Waals surface area contributed by atoms with E-state index in [1.807, 2.05) is 6.07 Å². The normalized spacial score (nSPS) is 12.3. The van der Waals surface area contributed by atoms with Gasteiger partial charge < -0.3 is 11.1 Å². The molecule has 0 saturated heterocycles. The molecule has 0 saturated carbocycles. The largest absolute Gasteiger partial charge is 0.330 e. The summed E-state index contributed by atoms with van der Waals surface area (Å²) in [5.74, 6) is 0. The Morgan fingerprint density at radius 2 is 1.53 bits per heavy atom. The van der Waals surface area contributed by atoms with Crippen LogP contribution < -0.4 is 11.1 Å². The van der Waals surface area contributed by atoms with E-state index in [1.165, 1.54) is 11.1 Å². The molecule has 100 valence electrons. The molecule has 1 unspecified atom stereocenters. The average Bonchev–Trinajstić information content (AvgIpc) is 2.48. The van der Waals surface area contributed by atoms with Crippen molar-refractivity contribution >= 4 is 0 Å². The third-order valence-corrected chi connectivity index (χ3v) is 3.30. The molecule has 3 N–H and O–H groups in total. The van der Waals surface area contributed by atoms with Gasteiger partial charge >= 0.3 is 0 Å². The van der Waals surface area contributed by atoms with Crippen LogP contribution in [0.15, 0.2) is 60.7 Å². The second-order valence-electron chi connectivity index (χ2n) is 4.73. The topological polar surface area (TPSA) is 38.0 Å². The number of hydrogen-bond acceptors (Lipinski definition) is 2. The molecule has 1 atom stereocenters. The van der Waals surface area contributed by atoms with Gasteiger partial charge in [0.05, 0.1) is 0 Å². The second-order valence-corrected chi connectivity index (χ2v) is 4.73. The van der Waals surface area contributed by atoms with Gasteiger partial charge in [-0.3, -0.25) is 0 Å². The highest BCUT2D eigenvalue weighted by molar-refractivity contribution is 5.19. The van der Waals surface area contributed by atoms with Crippen molar-refractivity contribution in [3.8, 4) is 0 Å². The molecule has 0 aliphatic heterocycles. The standard InChI is InChI=1S/C17H22N2/c18-13-11-17(16-9-5-2-6-10-16)19-14-12-15-7-3-1-4-8-15/h1-10,17,19H,11-14,18H2. The smallest absolute Gasteiger partial charge is 0.0332 e. The molecule has 0 aliphatic carbocycles. The lowest BCUT2D eigenvalue weighted by atomic mass is 10.0. The molecule has 0 amide bonds. The van der Waals surface area contributed by atoms with E-state index in [4.69, 9.17) is 5.73 Å². The number of hydrogen-bond donors (Lipinski definition) is 2. The predicted molar refractivity (Wildman–Crippen MR) is 81.0 cm³/mol. The van der Waals surface area contributed by atoms with Gasteiger partial charge in [0.2, 0.25) is 0 Å². The first-order chi connectivity index (χ1) is 9.40. The van der Waals surface area contributed by atoms with Crippen molar-refractivity contribution in [2.24, 2.45) is 5.73 Å². The molecular formula is C17H22N2. The molecule has 0 radical (unpaired) electrons. The van der Waals surface area contributed by atoms with E-state index < -0.39 is 0 Å². The summed E-state index contributed by atoms with van der Waals surface area (Å²) < 4.78 is 0. The lowest BCUT2D eigenvalue weighted by Gasteiger charge is -2.18. The predicted octanol–water partition coefficient (Wildman–Crippen LogP) is 2.91. The van der Waals surface area contributed by atoms with Gasteiger partial charge in [-0.05, 0) is 37.1 Å². The summed E-state index contributed by atoms with van der Waals surface area (Å²) in [6, 6.07) is 21.5. The minimum atomic E-state index is 0.356. The summed E-state index contributed by atoms with van der Waals surface area (Å²) in [5, 5.41) is 3.61. The first kappa shape index (κ1) is 13.8. The average molecular weight is 254 g/mol. The van der Waals surface area contributed by atoms with Crippen molar-refractivity contribution in [2.45, 2.75) is 18.9 Å². The van der Waals surface area contributed by atoms with Crippen LogP contribution in [0.2, 0.25) is 0 Å². The fourth-order valence-electron chi connectivity index (χ4n) is 2.27. The molecule has 0 heterocycles. The molecule has 2 nitrogen and oxygen atoms in total. The number of nitrogens with one attached hydrogen (secondary N) is 1. The Hall–Kier alpha value is -1.64. The van der Waals surface area contributed by atoms with E-state index in [2.05, 4.69) is 59.9 Å². The molecule has 2 aromatic carbocycles. The Morgan fingerprint density at radius 3 is 2.16 bits per heavy atom. The van der Waals surface area contributed by atoms with E-state index in [1.54, 1.807) is 0 Å². The van der Waals surface area contributed by atoms with Crippen LogP contribution in [0.25, 0.3) is 0 Å². The highest BCUT2D eigenvalue weighted by atomic mass is 14.9. The van der Waals surface area contributed by atoms with Gasteiger partial charge in [0.1, 0.15) is 0 Å². The molecule has 2 heteroatoms. The summed E-state index contributed by atoms with van der Waals surface area (Å²) >= 11 is 0. The lowest BCUT2D eigenvalue weighted by molar-refractivity contribution is 0.508. The SMILES string of the molecule is NCCC(NCCc1ccccc1)c1ccccc1. The summed E-state index contributed by atoms with van der Waals surface area (Å²) in [5.41, 5.74) is 8.40. The number of nitrogens with two attached hydrogens (primary N) is 1. The van der Waals surface area contributed by atoms with Crippen LogP contribution in [-0.2, 0) is 6.42 Å². The summed E-state index contributed by atoms with van der Waals surface area (Å²) in [4.78, 5) is 0. The molecule has 0 bridgehead atoms. The van der Waals surface area contributed by atoms with Crippen molar-refractivity contribution in [1.29, 1.82) is 0 Å². The molecule has 2 rings (SSSR count). The van der Waals surface area contributed by atoms with Crippen molar-refractivity contribution in [2.75, 3.05) is 13.1 Å². The Kier molecular flexibility index (Phi) is 5.60. The van der Waals surface area contributed by atoms with Gasteiger partial charge in [-0.15, -0.1) is 0 Å². The first-order valence-electron chi connectivity index (χ1n) is 6.92. The minimum absolute atomic E-state index is 0.356. The number of rotatable bonds is 7. The maximum atomic E-state index is 5.71. The van der Waals surface area contributed by atoms with Crippen LogP contribution in [0, 0.1) is 0 Å². The Labute approximate surface area is 115 Å². The van der Waals surface area contributed by atoms with Crippen LogP contribution in [0.5, 0.6) is 0 Å². The number of benzene rings is 2. The molecule has 0 spiro atoms. The fourth-order valence-corrected chi connectivity index (χ4v) is 2.27. The van der Waals surface area contributed by atoms with E-state index in [0.29, 0.717) is 12.6 Å². The quantitative estimate of drug-likeness (QED) is 0.797. The third-order valence-electron chi connectivity index (χ3n) is 3.30. The van der Waals surface area contributed by atoms with Gasteiger partial charge in [0.25, 0.3) is 0 Å². The van der Waals surface area contributed by atoms with Crippen molar-refractivity contribution in [1.82, 2.24) is 5.32 Å². The van der Waals surface area contributed by atoms with E-state index in [0.717, 1.165) is 19.4 Å². The highest BCUT2D eigenvalue weighted by Crippen LogP contribution is 2.15. The summed E-state index contributed by atoms with van der Waals surface area (Å²) in [6.07, 6.45) is 2.02. The Bertz CT molecular complexity index is 453.